The van der Waals surface area contributed by atoms with Crippen molar-refractivity contribution in [3.63, 3.8) is 0 Å². The molecular formula is C21H32N2. The molecule has 1 saturated carbocycles. The number of nitrogens with one attached hydrogen (secondary N) is 1. The second-order valence-corrected chi connectivity index (χ2v) is 7.50. The predicted molar refractivity (Wildman–Crippen MR) is 99.9 cm³/mol. The van der Waals surface area contributed by atoms with Crippen LogP contribution in [0.25, 0.3) is 0 Å². The lowest BCUT2D eigenvalue weighted by Gasteiger charge is -2.42. The number of benzene rings is 1. The largest absolute Gasteiger partial charge is 0.358 e. The van der Waals surface area contributed by atoms with E-state index in [9.17, 15) is 0 Å². The van der Waals surface area contributed by atoms with Crippen LogP contribution in [0.3, 0.4) is 0 Å². The van der Waals surface area contributed by atoms with Crippen LogP contribution in [0.15, 0.2) is 30.0 Å². The van der Waals surface area contributed by atoms with E-state index in [2.05, 4.69) is 62.3 Å². The lowest BCUT2D eigenvalue weighted by Crippen LogP contribution is -2.46. The van der Waals surface area contributed by atoms with Crippen LogP contribution in [0.2, 0.25) is 0 Å². The number of hydrogen-bond donors (Lipinski definition) is 1. The quantitative estimate of drug-likeness (QED) is 0.831. The highest BCUT2D eigenvalue weighted by Gasteiger charge is 2.31. The zero-order valence-electron chi connectivity index (χ0n) is 15.2. The van der Waals surface area contributed by atoms with E-state index in [1.807, 2.05) is 0 Å². The number of hydrogen-bond acceptors (Lipinski definition) is 2. The summed E-state index contributed by atoms with van der Waals surface area (Å²) in [4.78, 5) is 2.65. The Labute approximate surface area is 142 Å². The average molecular weight is 313 g/mol. The monoisotopic (exact) mass is 312 g/mol. The summed E-state index contributed by atoms with van der Waals surface area (Å²) in [6, 6.07) is 8.07. The van der Waals surface area contributed by atoms with Crippen LogP contribution in [0.4, 0.5) is 5.69 Å². The van der Waals surface area contributed by atoms with Gasteiger partial charge in [-0.2, -0.15) is 0 Å². The summed E-state index contributed by atoms with van der Waals surface area (Å²) in [6.45, 7) is 6.68. The maximum absolute atomic E-state index is 3.70. The Balaban J connectivity index is 1.75. The Morgan fingerprint density at radius 1 is 1.22 bits per heavy atom. The minimum Gasteiger partial charge on any atom is -0.358 e. The van der Waals surface area contributed by atoms with Gasteiger partial charge in [0.1, 0.15) is 0 Å². The fourth-order valence-electron chi connectivity index (χ4n) is 4.38. The van der Waals surface area contributed by atoms with Gasteiger partial charge >= 0.3 is 0 Å². The Morgan fingerprint density at radius 3 is 2.61 bits per heavy atom. The first-order valence-corrected chi connectivity index (χ1v) is 9.37. The Hall–Kier alpha value is -1.28. The third-order valence-electron chi connectivity index (χ3n) is 6.09. The molecule has 0 aromatic heterocycles. The number of rotatable bonds is 3. The molecule has 0 radical (unpaired) electrons. The first-order valence-electron chi connectivity index (χ1n) is 9.37. The highest BCUT2D eigenvalue weighted by atomic mass is 15.2. The molecular weight excluding hydrogens is 280 g/mol. The molecule has 2 nitrogen and oxygen atoms in total. The first kappa shape index (κ1) is 16.6. The summed E-state index contributed by atoms with van der Waals surface area (Å²) in [6.07, 6.45) is 10.3. The maximum atomic E-state index is 3.70. The normalized spacial score (nSPS) is 29.4. The summed E-state index contributed by atoms with van der Waals surface area (Å²) >= 11 is 0. The lowest BCUT2D eigenvalue weighted by atomic mass is 9.83. The van der Waals surface area contributed by atoms with E-state index in [1.165, 1.54) is 54.6 Å². The van der Waals surface area contributed by atoms with E-state index in [-0.39, 0.29) is 0 Å². The zero-order chi connectivity index (χ0) is 16.4. The molecule has 2 heteroatoms. The molecule has 1 aliphatic carbocycles. The van der Waals surface area contributed by atoms with Crippen LogP contribution in [-0.4, -0.2) is 24.0 Å². The average Bonchev–Trinajstić information content (AvgIpc) is 2.60. The third kappa shape index (κ3) is 3.47. The first-order chi connectivity index (χ1) is 11.1. The third-order valence-corrected chi connectivity index (χ3v) is 6.09. The van der Waals surface area contributed by atoms with E-state index >= 15 is 0 Å². The molecule has 1 atom stereocenters. The second-order valence-electron chi connectivity index (χ2n) is 7.50. The molecule has 1 fully saturated rings. The number of fused-ring (bicyclic) bond motifs is 1. The molecule has 1 aromatic carbocycles. The zero-order valence-corrected chi connectivity index (χ0v) is 15.2. The molecule has 0 amide bonds. The van der Waals surface area contributed by atoms with Crippen LogP contribution in [0.5, 0.6) is 0 Å². The number of aryl methyl sites for hydroxylation is 1. The molecule has 126 valence electrons. The van der Waals surface area contributed by atoms with E-state index in [0.29, 0.717) is 6.04 Å². The SMILES string of the molecule is C/C=C1/Nc2cc(C)ccc2CC1N(C)C1CCC(CC)CC1. The van der Waals surface area contributed by atoms with Gasteiger partial charge in [0, 0.05) is 17.4 Å². The van der Waals surface area contributed by atoms with Crippen molar-refractivity contribution in [2.75, 3.05) is 12.4 Å². The van der Waals surface area contributed by atoms with Gasteiger partial charge in [-0.25, -0.2) is 0 Å². The van der Waals surface area contributed by atoms with Gasteiger partial charge in [-0.05, 0) is 76.1 Å². The lowest BCUT2D eigenvalue weighted by molar-refractivity contribution is 0.132. The van der Waals surface area contributed by atoms with E-state index < -0.39 is 0 Å². The van der Waals surface area contributed by atoms with E-state index in [0.717, 1.165) is 18.4 Å². The van der Waals surface area contributed by atoms with Crippen molar-refractivity contribution in [2.45, 2.75) is 71.4 Å². The minimum atomic E-state index is 0.499. The van der Waals surface area contributed by atoms with Gasteiger partial charge < -0.3 is 5.32 Å². The number of nitrogens with zero attached hydrogens (tertiary/aromatic N) is 1. The fraction of sp³-hybridized carbons (Fsp3) is 0.619. The second kappa shape index (κ2) is 7.09. The van der Waals surface area contributed by atoms with Gasteiger partial charge in [0.15, 0.2) is 0 Å². The van der Waals surface area contributed by atoms with Crippen LogP contribution in [-0.2, 0) is 6.42 Å². The Morgan fingerprint density at radius 2 is 1.96 bits per heavy atom. The predicted octanol–water partition coefficient (Wildman–Crippen LogP) is 5.14. The highest BCUT2D eigenvalue weighted by molar-refractivity contribution is 5.60. The van der Waals surface area contributed by atoms with Gasteiger partial charge in [0.2, 0.25) is 0 Å². The molecule has 2 aliphatic rings. The number of anilines is 1. The smallest absolute Gasteiger partial charge is 0.0536 e. The topological polar surface area (TPSA) is 15.3 Å². The molecule has 1 heterocycles. The van der Waals surface area contributed by atoms with Gasteiger partial charge in [0.05, 0.1) is 6.04 Å². The van der Waals surface area contributed by atoms with Crippen LogP contribution in [0, 0.1) is 12.8 Å². The highest BCUT2D eigenvalue weighted by Crippen LogP contribution is 2.34. The van der Waals surface area contributed by atoms with Gasteiger partial charge in [-0.1, -0.05) is 31.6 Å². The molecule has 1 aromatic rings. The molecule has 0 spiro atoms. The van der Waals surface area contributed by atoms with Crippen molar-refractivity contribution in [2.24, 2.45) is 5.92 Å². The fourth-order valence-corrected chi connectivity index (χ4v) is 4.38. The molecule has 23 heavy (non-hydrogen) atoms. The summed E-state index contributed by atoms with van der Waals surface area (Å²) in [5, 5.41) is 3.70. The summed E-state index contributed by atoms with van der Waals surface area (Å²) in [7, 11) is 2.34. The van der Waals surface area contributed by atoms with E-state index in [4.69, 9.17) is 0 Å². The summed E-state index contributed by atoms with van der Waals surface area (Å²) in [5.74, 6) is 0.967. The Bertz CT molecular complexity index is 567. The molecule has 0 saturated heterocycles. The van der Waals surface area contributed by atoms with Gasteiger partial charge in [-0.15, -0.1) is 0 Å². The van der Waals surface area contributed by atoms with Crippen molar-refractivity contribution in [1.82, 2.24) is 4.90 Å². The number of likely N-dealkylation sites (N-methyl/N-ethyl adjacent to an activating group) is 1. The van der Waals surface area contributed by atoms with Crippen LogP contribution >= 0.6 is 0 Å². The molecule has 3 rings (SSSR count). The van der Waals surface area contributed by atoms with Crippen molar-refractivity contribution in [1.29, 1.82) is 0 Å². The van der Waals surface area contributed by atoms with Crippen LogP contribution < -0.4 is 5.32 Å². The molecule has 1 aliphatic heterocycles. The standard InChI is InChI=1S/C21H32N2/c1-5-16-8-11-18(12-9-16)23(4)21-14-17-10-7-15(3)13-20(17)22-19(21)6-2/h6-7,10,13,16,18,21-22H,5,8-9,11-12,14H2,1-4H3/b19-6+. The molecule has 1 N–H and O–H groups in total. The van der Waals surface area contributed by atoms with Gasteiger partial charge in [0.25, 0.3) is 0 Å². The van der Waals surface area contributed by atoms with Crippen LogP contribution in [0.1, 0.15) is 57.1 Å². The van der Waals surface area contributed by atoms with Crippen molar-refractivity contribution < 1.29 is 0 Å². The van der Waals surface area contributed by atoms with Crippen molar-refractivity contribution in [3.8, 4) is 0 Å². The molecule has 0 bridgehead atoms. The summed E-state index contributed by atoms with van der Waals surface area (Å²) < 4.78 is 0. The Kier molecular flexibility index (Phi) is 5.11. The van der Waals surface area contributed by atoms with Gasteiger partial charge in [-0.3, -0.25) is 4.90 Å². The summed E-state index contributed by atoms with van der Waals surface area (Å²) in [5.41, 5.74) is 5.47. The van der Waals surface area contributed by atoms with Crippen molar-refractivity contribution >= 4 is 5.69 Å². The number of allylic oxidation sites excluding steroid dienone is 1. The molecule has 1 unspecified atom stereocenters. The maximum Gasteiger partial charge on any atom is 0.0536 e. The van der Waals surface area contributed by atoms with Crippen molar-refractivity contribution in [3.05, 3.63) is 41.1 Å². The minimum absolute atomic E-state index is 0.499. The van der Waals surface area contributed by atoms with E-state index in [1.54, 1.807) is 0 Å².